The molecule has 1 atom stereocenters. The number of benzene rings is 1. The lowest BCUT2D eigenvalue weighted by molar-refractivity contribution is -0.137. The van der Waals surface area contributed by atoms with Gasteiger partial charge in [0.1, 0.15) is 17.3 Å². The van der Waals surface area contributed by atoms with Gasteiger partial charge in [0.25, 0.3) is 12.4 Å². The molecule has 2 aliphatic heterocycles. The Morgan fingerprint density at radius 1 is 1.40 bits per heavy atom. The molecule has 1 N–H and O–H groups in total. The SMILES string of the molecule is C=C1C(C(=O)NCc2ccc(F)cc2F)=CN2CCC(C)C(=O)C2=C1OCOC=O. The molecule has 2 aliphatic rings. The summed E-state index contributed by atoms with van der Waals surface area (Å²) in [5.41, 5.74) is 0.607. The minimum Gasteiger partial charge on any atom is -0.454 e. The highest BCUT2D eigenvalue weighted by Crippen LogP contribution is 2.35. The second-order valence-corrected chi connectivity index (χ2v) is 6.89. The molecule has 0 saturated carbocycles. The molecule has 1 saturated heterocycles. The topological polar surface area (TPSA) is 84.9 Å². The maximum absolute atomic E-state index is 13.8. The zero-order chi connectivity index (χ0) is 21.8. The highest BCUT2D eigenvalue weighted by atomic mass is 19.1. The van der Waals surface area contributed by atoms with Gasteiger partial charge in [0.2, 0.25) is 6.79 Å². The van der Waals surface area contributed by atoms with Crippen molar-refractivity contribution in [1.82, 2.24) is 10.2 Å². The van der Waals surface area contributed by atoms with Crippen molar-refractivity contribution in [3.63, 3.8) is 0 Å². The van der Waals surface area contributed by atoms with Crippen LogP contribution >= 0.6 is 0 Å². The fourth-order valence-electron chi connectivity index (χ4n) is 3.23. The van der Waals surface area contributed by atoms with E-state index in [0.29, 0.717) is 13.0 Å². The standard InChI is InChI=1S/C21H20F2N2O5/c1-12-5-6-25-9-16(13(2)20(18(25)19(12)27)30-11-29-10-26)21(28)24-8-14-3-4-15(22)7-17(14)23/h3-4,7,9-10,12H,2,5-6,8,11H2,1H3,(H,24,28). The van der Waals surface area contributed by atoms with E-state index in [4.69, 9.17) is 4.74 Å². The van der Waals surface area contributed by atoms with Gasteiger partial charge in [-0.25, -0.2) is 8.78 Å². The third-order valence-corrected chi connectivity index (χ3v) is 4.91. The number of Topliss-reactive ketones (excluding diaryl/α,β-unsaturated/α-hetero) is 1. The summed E-state index contributed by atoms with van der Waals surface area (Å²) in [7, 11) is 0. The van der Waals surface area contributed by atoms with Crippen molar-refractivity contribution < 1.29 is 32.6 Å². The van der Waals surface area contributed by atoms with E-state index in [1.807, 2.05) is 0 Å². The molecule has 9 heteroatoms. The van der Waals surface area contributed by atoms with Crippen LogP contribution in [0.3, 0.4) is 0 Å². The second kappa shape index (κ2) is 8.89. The van der Waals surface area contributed by atoms with Gasteiger partial charge in [0, 0.05) is 42.4 Å². The van der Waals surface area contributed by atoms with Gasteiger partial charge in [-0.15, -0.1) is 0 Å². The average molecular weight is 418 g/mol. The van der Waals surface area contributed by atoms with E-state index in [0.717, 1.165) is 12.1 Å². The smallest absolute Gasteiger partial charge is 0.295 e. The number of hydrogen-bond donors (Lipinski definition) is 1. The third-order valence-electron chi connectivity index (χ3n) is 4.91. The molecule has 1 amide bonds. The van der Waals surface area contributed by atoms with Crippen molar-refractivity contribution in [2.45, 2.75) is 19.9 Å². The van der Waals surface area contributed by atoms with Crippen LogP contribution in [0.2, 0.25) is 0 Å². The molecule has 1 unspecified atom stereocenters. The molecule has 2 heterocycles. The van der Waals surface area contributed by atoms with E-state index >= 15 is 0 Å². The number of piperidine rings is 1. The van der Waals surface area contributed by atoms with Crippen LogP contribution < -0.4 is 5.32 Å². The Morgan fingerprint density at radius 3 is 2.87 bits per heavy atom. The molecule has 1 aromatic rings. The van der Waals surface area contributed by atoms with Gasteiger partial charge in [-0.3, -0.25) is 14.4 Å². The first-order chi connectivity index (χ1) is 14.3. The maximum Gasteiger partial charge on any atom is 0.295 e. The fourth-order valence-corrected chi connectivity index (χ4v) is 3.23. The van der Waals surface area contributed by atoms with Crippen molar-refractivity contribution in [3.8, 4) is 0 Å². The van der Waals surface area contributed by atoms with Crippen LogP contribution in [0.15, 0.2) is 53.6 Å². The minimum absolute atomic E-state index is 0.0500. The lowest BCUT2D eigenvalue weighted by atomic mass is 9.89. The first kappa shape index (κ1) is 21.2. The van der Waals surface area contributed by atoms with Crippen LogP contribution in [-0.4, -0.2) is 36.4 Å². The molecular formula is C21H20F2N2O5. The van der Waals surface area contributed by atoms with Gasteiger partial charge in [0.15, 0.2) is 11.5 Å². The van der Waals surface area contributed by atoms with E-state index in [-0.39, 0.29) is 52.9 Å². The molecule has 0 aliphatic carbocycles. The second-order valence-electron chi connectivity index (χ2n) is 6.89. The summed E-state index contributed by atoms with van der Waals surface area (Å²) in [5, 5.41) is 2.56. The Balaban J connectivity index is 1.82. The van der Waals surface area contributed by atoms with Crippen LogP contribution in [0.25, 0.3) is 0 Å². The number of carbonyl (C=O) groups is 3. The molecule has 3 rings (SSSR count). The molecule has 0 bridgehead atoms. The summed E-state index contributed by atoms with van der Waals surface area (Å²) in [6.45, 7) is 5.68. The molecule has 0 aromatic heterocycles. The number of nitrogens with one attached hydrogen (secondary N) is 1. The Morgan fingerprint density at radius 2 is 2.17 bits per heavy atom. The normalized spacial score (nSPS) is 18.6. The van der Waals surface area contributed by atoms with Crippen LogP contribution in [0.1, 0.15) is 18.9 Å². The molecule has 7 nitrogen and oxygen atoms in total. The molecule has 1 fully saturated rings. The van der Waals surface area contributed by atoms with Crippen LogP contribution in [0, 0.1) is 17.6 Å². The van der Waals surface area contributed by atoms with Gasteiger partial charge in [0.05, 0.1) is 5.57 Å². The molecule has 30 heavy (non-hydrogen) atoms. The van der Waals surface area contributed by atoms with Gasteiger partial charge in [-0.05, 0) is 12.5 Å². The van der Waals surface area contributed by atoms with E-state index < -0.39 is 24.3 Å². The highest BCUT2D eigenvalue weighted by Gasteiger charge is 2.37. The number of ketones is 1. The van der Waals surface area contributed by atoms with Crippen molar-refractivity contribution in [3.05, 3.63) is 70.8 Å². The van der Waals surface area contributed by atoms with Crippen molar-refractivity contribution in [2.24, 2.45) is 5.92 Å². The van der Waals surface area contributed by atoms with Crippen molar-refractivity contribution in [2.75, 3.05) is 13.3 Å². The number of rotatable bonds is 7. The zero-order valence-electron chi connectivity index (χ0n) is 16.2. The summed E-state index contributed by atoms with van der Waals surface area (Å²) >= 11 is 0. The Bertz CT molecular complexity index is 970. The van der Waals surface area contributed by atoms with E-state index in [1.54, 1.807) is 11.8 Å². The molecule has 0 spiro atoms. The molecule has 158 valence electrons. The first-order valence-electron chi connectivity index (χ1n) is 9.20. The summed E-state index contributed by atoms with van der Waals surface area (Å²) in [6, 6.07) is 3.07. The van der Waals surface area contributed by atoms with Gasteiger partial charge in [-0.2, -0.15) is 0 Å². The zero-order valence-corrected chi connectivity index (χ0v) is 16.2. The molecular weight excluding hydrogens is 398 g/mol. The molecule has 0 radical (unpaired) electrons. The number of amides is 1. The fraction of sp³-hybridized carbons (Fsp3) is 0.286. The average Bonchev–Trinajstić information content (AvgIpc) is 2.71. The largest absolute Gasteiger partial charge is 0.454 e. The number of allylic oxidation sites excluding steroid dienone is 2. The lowest BCUT2D eigenvalue weighted by Gasteiger charge is -2.36. The van der Waals surface area contributed by atoms with E-state index in [9.17, 15) is 23.2 Å². The predicted octanol–water partition coefficient (Wildman–Crippen LogP) is 2.30. The number of fused-ring (bicyclic) bond motifs is 1. The van der Waals surface area contributed by atoms with Gasteiger partial charge >= 0.3 is 0 Å². The van der Waals surface area contributed by atoms with Crippen molar-refractivity contribution >= 4 is 18.2 Å². The monoisotopic (exact) mass is 418 g/mol. The number of halogens is 2. The van der Waals surface area contributed by atoms with Gasteiger partial charge in [-0.1, -0.05) is 19.6 Å². The summed E-state index contributed by atoms with van der Waals surface area (Å²) in [4.78, 5) is 37.4. The quantitative estimate of drug-likeness (QED) is 0.416. The minimum atomic E-state index is -0.778. The van der Waals surface area contributed by atoms with E-state index in [2.05, 4.69) is 16.6 Å². The van der Waals surface area contributed by atoms with Crippen molar-refractivity contribution in [1.29, 1.82) is 0 Å². The van der Waals surface area contributed by atoms with Crippen LogP contribution in [0.4, 0.5) is 8.78 Å². The summed E-state index contributed by atoms with van der Waals surface area (Å²) < 4.78 is 36.9. The van der Waals surface area contributed by atoms with Gasteiger partial charge < -0.3 is 19.7 Å². The first-order valence-corrected chi connectivity index (χ1v) is 9.20. The lowest BCUT2D eigenvalue weighted by Crippen LogP contribution is -2.40. The Labute approximate surface area is 171 Å². The maximum atomic E-state index is 13.8. The Hall–Kier alpha value is -3.49. The predicted molar refractivity (Wildman–Crippen MR) is 101 cm³/mol. The number of ether oxygens (including phenoxy) is 2. The number of hydrogen-bond acceptors (Lipinski definition) is 6. The highest BCUT2D eigenvalue weighted by molar-refractivity contribution is 6.04. The van der Waals surface area contributed by atoms with Crippen LogP contribution in [-0.2, 0) is 30.4 Å². The number of nitrogens with zero attached hydrogens (tertiary/aromatic N) is 1. The van der Waals surface area contributed by atoms with E-state index in [1.165, 1.54) is 12.3 Å². The summed E-state index contributed by atoms with van der Waals surface area (Å²) in [5.74, 6) is -2.43. The Kier molecular flexibility index (Phi) is 6.29. The third kappa shape index (κ3) is 4.24. The molecule has 1 aromatic carbocycles. The number of carbonyl (C=O) groups excluding carboxylic acids is 3. The van der Waals surface area contributed by atoms with Crippen LogP contribution in [0.5, 0.6) is 0 Å². The summed E-state index contributed by atoms with van der Waals surface area (Å²) in [6.07, 6.45) is 2.07.